The van der Waals surface area contributed by atoms with Gasteiger partial charge in [-0.1, -0.05) is 507 Å². The van der Waals surface area contributed by atoms with E-state index in [1.165, 1.54) is 430 Å². The zero-order chi connectivity index (χ0) is 97.4. The number of aryl methyl sites for hydroxylation is 4. The molecule has 0 radical (unpaired) electrons. The Balaban J connectivity index is 0.880. The number of thiophene rings is 4. The lowest BCUT2D eigenvalue weighted by Gasteiger charge is -2.34. The molecule has 4 aliphatic rings. The Labute approximate surface area is 860 Å². The van der Waals surface area contributed by atoms with E-state index in [0.717, 1.165) is 61.1 Å². The Morgan fingerprint density at radius 1 is 0.286 bits per heavy atom. The van der Waals surface area contributed by atoms with Gasteiger partial charge in [0.25, 0.3) is 11.4 Å². The van der Waals surface area contributed by atoms with Crippen LogP contribution in [-0.4, -0.2) is 11.6 Å². The number of benzene rings is 6. The number of nitrogens with zero attached hydrogens (tertiary/aromatic N) is 4. The molecule has 10 heteroatoms. The highest BCUT2D eigenvalue weighted by Gasteiger charge is 2.56. The topological polar surface area (TPSA) is 90.4 Å². The van der Waals surface area contributed by atoms with Crippen LogP contribution >= 0.6 is 45.3 Å². The summed E-state index contributed by atoms with van der Waals surface area (Å²) in [5, 5.41) is 21.5. The molecule has 140 heavy (non-hydrogen) atoms. The van der Waals surface area contributed by atoms with E-state index in [4.69, 9.17) is 13.1 Å². The van der Waals surface area contributed by atoms with Gasteiger partial charge in [0.15, 0.2) is 11.6 Å². The van der Waals surface area contributed by atoms with Crippen LogP contribution in [0, 0.1) is 35.8 Å². The Hall–Kier alpha value is -9.36. The van der Waals surface area contributed by atoms with Crippen molar-refractivity contribution in [3.05, 3.63) is 302 Å². The molecule has 4 heterocycles. The summed E-state index contributed by atoms with van der Waals surface area (Å²) < 4.78 is 2.52. The number of hydrogen-bond donors (Lipinski definition) is 0. The molecule has 4 aromatic heterocycles. The van der Waals surface area contributed by atoms with E-state index in [9.17, 15) is 10.5 Å². The number of carbonyl (C=O) groups is 2. The molecule has 4 aliphatic carbocycles. The molecule has 0 atom stereocenters. The van der Waals surface area contributed by atoms with Gasteiger partial charge in [-0.25, -0.2) is 20.2 Å². The first-order valence-corrected chi connectivity index (χ1v) is 59.4. The van der Waals surface area contributed by atoms with Crippen LogP contribution in [-0.2, 0) is 36.5 Å². The van der Waals surface area contributed by atoms with Crippen molar-refractivity contribution in [3.8, 4) is 31.6 Å². The Morgan fingerprint density at radius 2 is 0.500 bits per heavy atom. The van der Waals surface area contributed by atoms with Crippen molar-refractivity contribution in [1.29, 1.82) is 10.5 Å². The average Bonchev–Trinajstić information content (AvgIpc) is 1.48. The van der Waals surface area contributed by atoms with Crippen molar-refractivity contribution in [2.75, 3.05) is 0 Å². The van der Waals surface area contributed by atoms with Crippen LogP contribution in [0.3, 0.4) is 0 Å². The molecule has 0 spiro atoms. The van der Waals surface area contributed by atoms with Crippen molar-refractivity contribution in [2.45, 2.75) is 424 Å². The summed E-state index contributed by atoms with van der Waals surface area (Å²) in [6.45, 7) is 26.0. The first-order valence-electron chi connectivity index (χ1n) is 56.1. The minimum atomic E-state index is -0.867. The summed E-state index contributed by atoms with van der Waals surface area (Å²) in [4.78, 5) is 44.5. The molecule has 0 fully saturated rings. The van der Waals surface area contributed by atoms with E-state index in [1.807, 2.05) is 83.4 Å². The van der Waals surface area contributed by atoms with Gasteiger partial charge >= 0.3 is 0 Å². The summed E-state index contributed by atoms with van der Waals surface area (Å²) in [5.74, 6) is -0.353. The minimum Gasteiger partial charge on any atom is -0.289 e. The maximum Gasteiger partial charge on any atom is 0.270 e. The van der Waals surface area contributed by atoms with Crippen LogP contribution in [0.25, 0.3) is 61.9 Å². The zero-order valence-corrected chi connectivity index (χ0v) is 89.1. The number of Topliss-reactive ketones (excluding diaryl/α,β-unsaturated/α-hetero) is 2. The second kappa shape index (κ2) is 56.6. The number of rotatable bonds is 66. The van der Waals surface area contributed by atoms with Crippen molar-refractivity contribution in [2.24, 2.45) is 0 Å². The third kappa shape index (κ3) is 26.6. The predicted molar refractivity (Wildman–Crippen MR) is 602 cm³/mol. The van der Waals surface area contributed by atoms with E-state index in [1.54, 1.807) is 22.7 Å². The van der Waals surface area contributed by atoms with E-state index in [0.29, 0.717) is 44.5 Å². The maximum absolute atomic E-state index is 15.2. The number of fused-ring (bicyclic) bond motifs is 11. The van der Waals surface area contributed by atoms with Gasteiger partial charge in [0.1, 0.15) is 0 Å². The van der Waals surface area contributed by atoms with Crippen LogP contribution in [0.2, 0.25) is 0 Å². The lowest BCUT2D eigenvalue weighted by molar-refractivity contribution is 0.103. The number of ketones is 2. The molecule has 0 unspecified atom stereocenters. The number of allylic oxidation sites excluding steroid dienone is 6. The van der Waals surface area contributed by atoms with E-state index in [-0.39, 0.29) is 23.0 Å². The summed E-state index contributed by atoms with van der Waals surface area (Å²) in [6, 6.07) is 63.4. The first kappa shape index (κ1) is 106. The number of unbranched alkanes of at least 4 members (excludes halogenated alkanes) is 52. The predicted octanol–water partition coefficient (Wildman–Crippen LogP) is 40.8. The van der Waals surface area contributed by atoms with Gasteiger partial charge in [-0.3, -0.25) is 9.59 Å². The van der Waals surface area contributed by atoms with Gasteiger partial charge in [0.2, 0.25) is 0 Å². The molecule has 0 N–H and O–H groups in total. The van der Waals surface area contributed by atoms with Crippen LogP contribution < -0.4 is 0 Å². The van der Waals surface area contributed by atoms with Crippen molar-refractivity contribution < 1.29 is 9.59 Å². The van der Waals surface area contributed by atoms with Crippen LogP contribution in [0.5, 0.6) is 0 Å². The first-order chi connectivity index (χ1) is 69.1. The maximum atomic E-state index is 15.2. The number of carbonyl (C=O) groups excluding carboxylic acids is 2. The summed E-state index contributed by atoms with van der Waals surface area (Å²) in [7, 11) is 0. The molecule has 0 saturated heterocycles. The van der Waals surface area contributed by atoms with Crippen molar-refractivity contribution in [3.63, 3.8) is 0 Å². The Morgan fingerprint density at radius 3 is 0.714 bits per heavy atom. The molecule has 6 aromatic carbocycles. The second-order valence-corrected chi connectivity index (χ2v) is 45.7. The quantitative estimate of drug-likeness (QED) is 0.0164. The smallest absolute Gasteiger partial charge is 0.270 e. The SMILES string of the molecule is [C-]#[N+]/C(C#N)=C1\C(=C\c2cc3c(s2)-c2sc4c5c(sc4c2C3(c2ccc(CCCCCCCCCCCCCCCC)cc2)c2ccc(CCCCCCCCCCCCCCCC)cc2)-c2sc(/C=C3\C(=O)c4ccccc4\C3=C(\C#N)[N+]#[C-])cc2C5(c2ccc(CCCCCCCCCCCCCCCC)cc2)c2ccc(CCCCCCCCCCCCCCCC)cc2)C(=O)c2ccccc21. The van der Waals surface area contributed by atoms with Crippen LogP contribution in [0.1, 0.15) is 496 Å². The highest BCUT2D eigenvalue weighted by atomic mass is 32.1. The lowest BCUT2D eigenvalue weighted by Crippen LogP contribution is -2.29. The zero-order valence-electron chi connectivity index (χ0n) is 85.8. The molecular weight excluding hydrogens is 1780 g/mol. The van der Waals surface area contributed by atoms with Gasteiger partial charge in [0.05, 0.1) is 65.0 Å². The monoisotopic (exact) mass is 1940 g/mol. The normalized spacial score (nSPS) is 14.9. The van der Waals surface area contributed by atoms with Crippen LogP contribution in [0.15, 0.2) is 180 Å². The highest BCUT2D eigenvalue weighted by molar-refractivity contribution is 7.34. The standard InChI is InChI=1S/C130H160N4O2S4/c1-7-11-15-19-23-27-31-35-39-43-47-51-55-59-67-97-75-83-101(84-76-97)129(102-85-77-98(78-86-102)68-60-56-52-48-44-40-36-32-28-24-20-16-12-8-2)113-93-105(91-111-117(115(95-131)133-5)107-71-63-65-73-109(107)121(111)135)137-123(113)125-119(129)127-128(139-125)120-126(140-127)124-114(94-106(138-124)92-112-118(116(96-132)134-6)108-72-64-66-74-110(108)122(112)136)130(120,103-87-79-99(80-88-103)69-61-57-53-49-45-41-37-33-29-25-21-17-13-9-3)104-89-81-100(82-90-104)70-62-58-54-50-46-42-38-34-30-26-22-18-14-10-4/h63-66,71-94H,7-62,67-70H2,1-4H3/b111-91-,112-92-,117-115-,118-116+. The molecular formula is C130H160N4O2S4. The van der Waals surface area contributed by atoms with Gasteiger partial charge in [-0.15, -0.1) is 45.3 Å². The van der Waals surface area contributed by atoms with Gasteiger partial charge < -0.3 is 0 Å². The van der Waals surface area contributed by atoms with Crippen molar-refractivity contribution >= 4 is 89.6 Å². The molecule has 6 nitrogen and oxygen atoms in total. The second-order valence-electron chi connectivity index (χ2n) is 41.5. The van der Waals surface area contributed by atoms with Crippen LogP contribution in [0.4, 0.5) is 0 Å². The van der Waals surface area contributed by atoms with E-state index < -0.39 is 10.8 Å². The molecule has 14 rings (SSSR count). The summed E-state index contributed by atoms with van der Waals surface area (Å²) in [6.07, 6.45) is 82.2. The molecule has 0 bridgehead atoms. The molecule has 0 saturated carbocycles. The lowest BCUT2D eigenvalue weighted by atomic mass is 9.67. The molecule has 10 aromatic rings. The fourth-order valence-corrected chi connectivity index (χ4v) is 29.0. The summed E-state index contributed by atoms with van der Waals surface area (Å²) >= 11 is 7.33. The van der Waals surface area contributed by atoms with E-state index in [2.05, 4.69) is 159 Å². The highest BCUT2D eigenvalue weighted by Crippen LogP contribution is 2.71. The van der Waals surface area contributed by atoms with Crippen molar-refractivity contribution in [1.82, 2.24) is 0 Å². The molecule has 0 aliphatic heterocycles. The Kier molecular flexibility index (Phi) is 43.0. The average molecular weight is 1940 g/mol. The molecule has 736 valence electrons. The number of nitriles is 2. The third-order valence-corrected chi connectivity index (χ3v) is 36.2. The summed E-state index contributed by atoms with van der Waals surface area (Å²) in [5.41, 5.74) is 17.0. The minimum absolute atomic E-state index is 0.0847. The third-order valence-electron chi connectivity index (χ3n) is 31.2. The largest absolute Gasteiger partial charge is 0.289 e. The fraction of sp³-hybridized carbons (Fsp3) is 0.508. The van der Waals surface area contributed by atoms with Gasteiger partial charge in [-0.2, -0.15) is 0 Å². The van der Waals surface area contributed by atoms with Gasteiger partial charge in [-0.05, 0) is 142 Å². The Bertz CT molecular complexity index is 5390. The fourth-order valence-electron chi connectivity index (χ4n) is 23.3. The van der Waals surface area contributed by atoms with Gasteiger partial charge in [0, 0.05) is 54.3 Å². The molecule has 0 amide bonds. The van der Waals surface area contributed by atoms with E-state index >= 15 is 9.59 Å². The number of hydrogen-bond acceptors (Lipinski definition) is 8.